The van der Waals surface area contributed by atoms with Crippen molar-refractivity contribution in [3.63, 3.8) is 0 Å². The second-order valence-corrected chi connectivity index (χ2v) is 5.43. The molecule has 0 aromatic rings. The maximum absolute atomic E-state index is 12.1. The lowest BCUT2D eigenvalue weighted by atomic mass is 9.94. The highest BCUT2D eigenvalue weighted by Gasteiger charge is 2.25. The molecule has 0 N–H and O–H groups in total. The van der Waals surface area contributed by atoms with Crippen LogP contribution in [0.3, 0.4) is 0 Å². The molecule has 2 rings (SSSR count). The van der Waals surface area contributed by atoms with Crippen LogP contribution >= 0.6 is 0 Å². The van der Waals surface area contributed by atoms with E-state index >= 15 is 0 Å². The second kappa shape index (κ2) is 6.39. The lowest BCUT2D eigenvalue weighted by Gasteiger charge is -2.33. The van der Waals surface area contributed by atoms with Gasteiger partial charge in [-0.3, -0.25) is 4.79 Å². The van der Waals surface area contributed by atoms with Gasteiger partial charge in [0, 0.05) is 12.6 Å². The van der Waals surface area contributed by atoms with Crippen LogP contribution in [0.2, 0.25) is 0 Å². The van der Waals surface area contributed by atoms with Crippen LogP contribution in [0.15, 0.2) is 0 Å². The number of carbonyl (C=O) groups is 1. The molecular weight excluding hydrogens is 214 g/mol. The van der Waals surface area contributed by atoms with Crippen molar-refractivity contribution in [1.29, 1.82) is 0 Å². The summed E-state index contributed by atoms with van der Waals surface area (Å²) in [4.78, 5) is 14.1. The summed E-state index contributed by atoms with van der Waals surface area (Å²) >= 11 is 0. The number of rotatable bonds is 6. The molecule has 0 bridgehead atoms. The molecule has 2 aliphatic carbocycles. The molecule has 0 aliphatic heterocycles. The van der Waals surface area contributed by atoms with Crippen LogP contribution in [0.4, 0.5) is 0 Å². The Kier molecular flexibility index (Phi) is 4.84. The summed E-state index contributed by atoms with van der Waals surface area (Å²) in [6.45, 7) is 3.98. The van der Waals surface area contributed by atoms with Crippen molar-refractivity contribution in [2.24, 2.45) is 5.92 Å². The summed E-state index contributed by atoms with van der Waals surface area (Å²) < 4.78 is 5.50. The van der Waals surface area contributed by atoms with E-state index in [0.29, 0.717) is 12.6 Å². The summed E-state index contributed by atoms with van der Waals surface area (Å²) in [5, 5.41) is 0. The van der Waals surface area contributed by atoms with Crippen molar-refractivity contribution >= 4 is 5.91 Å². The monoisotopic (exact) mass is 239 g/mol. The molecule has 2 saturated carbocycles. The maximum Gasteiger partial charge on any atom is 0.248 e. The highest BCUT2D eigenvalue weighted by atomic mass is 16.5. The van der Waals surface area contributed by atoms with E-state index in [1.165, 1.54) is 44.9 Å². The van der Waals surface area contributed by atoms with E-state index in [2.05, 4.69) is 6.92 Å². The van der Waals surface area contributed by atoms with Crippen LogP contribution < -0.4 is 0 Å². The van der Waals surface area contributed by atoms with E-state index in [1.807, 2.05) is 4.90 Å². The molecule has 0 unspecified atom stereocenters. The molecule has 17 heavy (non-hydrogen) atoms. The summed E-state index contributed by atoms with van der Waals surface area (Å²) in [6.07, 6.45) is 8.82. The van der Waals surface area contributed by atoms with Crippen molar-refractivity contribution in [3.05, 3.63) is 0 Å². The molecule has 2 aliphatic rings. The SMILES string of the molecule is CCN(C(=O)COCC1CC1)C1CCCCC1. The molecular formula is C14H25NO2. The van der Waals surface area contributed by atoms with Crippen LogP contribution in [0, 0.1) is 5.92 Å². The Morgan fingerprint density at radius 1 is 1.18 bits per heavy atom. The van der Waals surface area contributed by atoms with Gasteiger partial charge >= 0.3 is 0 Å². The standard InChI is InChI=1S/C14H25NO2/c1-2-15(13-6-4-3-5-7-13)14(16)11-17-10-12-8-9-12/h12-13H,2-11H2,1H3. The average molecular weight is 239 g/mol. The van der Waals surface area contributed by atoms with Crippen molar-refractivity contribution in [3.8, 4) is 0 Å². The summed E-state index contributed by atoms with van der Waals surface area (Å²) in [7, 11) is 0. The summed E-state index contributed by atoms with van der Waals surface area (Å²) in [6, 6.07) is 0.478. The Bertz CT molecular complexity index is 245. The quantitative estimate of drug-likeness (QED) is 0.713. The maximum atomic E-state index is 12.1. The minimum absolute atomic E-state index is 0.194. The third-order valence-electron chi connectivity index (χ3n) is 3.95. The Hall–Kier alpha value is -0.570. The molecule has 0 atom stereocenters. The number of hydrogen-bond donors (Lipinski definition) is 0. The lowest BCUT2D eigenvalue weighted by molar-refractivity contribution is -0.139. The normalized spacial score (nSPS) is 21.5. The van der Waals surface area contributed by atoms with E-state index in [-0.39, 0.29) is 5.91 Å². The molecule has 0 spiro atoms. The first-order valence-electron chi connectivity index (χ1n) is 7.18. The fourth-order valence-electron chi connectivity index (χ4n) is 2.71. The van der Waals surface area contributed by atoms with Gasteiger partial charge in [-0.25, -0.2) is 0 Å². The summed E-state index contributed by atoms with van der Waals surface area (Å²) in [5.41, 5.74) is 0. The van der Waals surface area contributed by atoms with E-state index in [0.717, 1.165) is 19.1 Å². The van der Waals surface area contributed by atoms with Gasteiger partial charge in [-0.15, -0.1) is 0 Å². The van der Waals surface area contributed by atoms with Gasteiger partial charge in [0.05, 0.1) is 6.61 Å². The summed E-state index contributed by atoms with van der Waals surface area (Å²) in [5.74, 6) is 0.938. The zero-order chi connectivity index (χ0) is 12.1. The van der Waals surface area contributed by atoms with Gasteiger partial charge in [-0.05, 0) is 38.5 Å². The van der Waals surface area contributed by atoms with Gasteiger partial charge in [0.2, 0.25) is 5.91 Å². The fourth-order valence-corrected chi connectivity index (χ4v) is 2.71. The Morgan fingerprint density at radius 2 is 1.88 bits per heavy atom. The zero-order valence-corrected chi connectivity index (χ0v) is 11.0. The first-order valence-corrected chi connectivity index (χ1v) is 7.18. The lowest BCUT2D eigenvalue weighted by Crippen LogP contribution is -2.43. The van der Waals surface area contributed by atoms with Gasteiger partial charge in [-0.2, -0.15) is 0 Å². The molecule has 98 valence electrons. The zero-order valence-electron chi connectivity index (χ0n) is 11.0. The first-order chi connectivity index (χ1) is 8.31. The largest absolute Gasteiger partial charge is 0.371 e. The second-order valence-electron chi connectivity index (χ2n) is 5.43. The molecule has 0 saturated heterocycles. The molecule has 2 fully saturated rings. The number of nitrogens with zero attached hydrogens (tertiary/aromatic N) is 1. The van der Waals surface area contributed by atoms with Crippen molar-refractivity contribution in [2.45, 2.75) is 57.9 Å². The number of carbonyl (C=O) groups excluding carboxylic acids is 1. The smallest absolute Gasteiger partial charge is 0.248 e. The molecule has 3 heteroatoms. The molecule has 0 radical (unpaired) electrons. The molecule has 0 heterocycles. The third kappa shape index (κ3) is 3.98. The fraction of sp³-hybridized carbons (Fsp3) is 0.929. The predicted octanol–water partition coefficient (Wildman–Crippen LogP) is 2.59. The molecule has 0 aromatic heterocycles. The molecule has 3 nitrogen and oxygen atoms in total. The minimum atomic E-state index is 0.194. The predicted molar refractivity (Wildman–Crippen MR) is 67.8 cm³/mol. The van der Waals surface area contributed by atoms with Crippen LogP contribution in [0.5, 0.6) is 0 Å². The number of amides is 1. The Morgan fingerprint density at radius 3 is 2.47 bits per heavy atom. The van der Waals surface area contributed by atoms with Gasteiger partial charge < -0.3 is 9.64 Å². The number of hydrogen-bond acceptors (Lipinski definition) is 2. The van der Waals surface area contributed by atoms with Crippen molar-refractivity contribution < 1.29 is 9.53 Å². The van der Waals surface area contributed by atoms with Gasteiger partial charge in [0.15, 0.2) is 0 Å². The van der Waals surface area contributed by atoms with Crippen LogP contribution in [-0.4, -0.2) is 36.6 Å². The van der Waals surface area contributed by atoms with E-state index < -0.39 is 0 Å². The van der Waals surface area contributed by atoms with Crippen molar-refractivity contribution in [1.82, 2.24) is 4.90 Å². The van der Waals surface area contributed by atoms with Gasteiger partial charge in [-0.1, -0.05) is 19.3 Å². The third-order valence-corrected chi connectivity index (χ3v) is 3.95. The van der Waals surface area contributed by atoms with Gasteiger partial charge in [0.25, 0.3) is 0 Å². The van der Waals surface area contributed by atoms with E-state index in [9.17, 15) is 4.79 Å². The van der Waals surface area contributed by atoms with Gasteiger partial charge in [0.1, 0.15) is 6.61 Å². The Balaban J connectivity index is 1.72. The number of ether oxygens (including phenoxy) is 1. The highest BCUT2D eigenvalue weighted by Crippen LogP contribution is 2.28. The topological polar surface area (TPSA) is 29.5 Å². The first kappa shape index (κ1) is 12.9. The van der Waals surface area contributed by atoms with E-state index in [1.54, 1.807) is 0 Å². The van der Waals surface area contributed by atoms with Crippen LogP contribution in [-0.2, 0) is 9.53 Å². The van der Waals surface area contributed by atoms with Crippen LogP contribution in [0.1, 0.15) is 51.9 Å². The average Bonchev–Trinajstić information content (AvgIpc) is 3.15. The van der Waals surface area contributed by atoms with Crippen LogP contribution in [0.25, 0.3) is 0 Å². The molecule has 1 amide bonds. The minimum Gasteiger partial charge on any atom is -0.371 e. The Labute approximate surface area is 105 Å². The number of likely N-dealkylation sites (N-methyl/N-ethyl adjacent to an activating group) is 1. The highest BCUT2D eigenvalue weighted by molar-refractivity contribution is 5.77. The van der Waals surface area contributed by atoms with E-state index in [4.69, 9.17) is 4.74 Å². The molecule has 0 aromatic carbocycles. The van der Waals surface area contributed by atoms with Crippen molar-refractivity contribution in [2.75, 3.05) is 19.8 Å².